The molecule has 0 heterocycles. The molecular weight excluding hydrogens is 448 g/mol. The minimum absolute atomic E-state index is 0.250. The summed E-state index contributed by atoms with van der Waals surface area (Å²) in [5, 5.41) is 7.87. The first-order chi connectivity index (χ1) is 15.6. The summed E-state index contributed by atoms with van der Waals surface area (Å²) in [6, 6.07) is 17.2. The van der Waals surface area contributed by atoms with E-state index < -0.39 is 12.1 Å². The van der Waals surface area contributed by atoms with E-state index in [2.05, 4.69) is 16.0 Å². The highest BCUT2D eigenvalue weighted by molar-refractivity contribution is 8.76. The minimum atomic E-state index is -0.723. The van der Waals surface area contributed by atoms with Crippen molar-refractivity contribution in [2.24, 2.45) is 0 Å². The van der Waals surface area contributed by atoms with Crippen LogP contribution in [-0.4, -0.2) is 55.3 Å². The summed E-state index contributed by atoms with van der Waals surface area (Å²) in [6.45, 7) is 0.361. The van der Waals surface area contributed by atoms with E-state index in [4.69, 9.17) is 0 Å². The zero-order valence-electron chi connectivity index (χ0n) is 17.6. The molecule has 0 aliphatic rings. The first-order valence-electron chi connectivity index (χ1n) is 9.85. The van der Waals surface area contributed by atoms with Crippen LogP contribution in [0.3, 0.4) is 0 Å². The van der Waals surface area contributed by atoms with Crippen LogP contribution in [0.4, 0.5) is 5.69 Å². The van der Waals surface area contributed by atoms with Crippen molar-refractivity contribution in [2.75, 3.05) is 23.5 Å². The molecule has 170 valence electrons. The largest absolute Gasteiger partial charge is 0.350 e. The van der Waals surface area contributed by atoms with Crippen molar-refractivity contribution in [1.82, 2.24) is 16.0 Å². The van der Waals surface area contributed by atoms with E-state index in [1.54, 1.807) is 7.05 Å². The Morgan fingerprint density at radius 3 is 2.00 bits per heavy atom. The Bertz CT molecular complexity index is 871. The first kappa shape index (κ1) is 25.3. The average molecular weight is 475 g/mol. The van der Waals surface area contributed by atoms with E-state index in [-0.39, 0.29) is 11.8 Å². The standard InChI is InChI=1S/C22H26N4O4S2/c1-26(18-10-6-3-7-11-18)22(30)20(25-16-28)14-32-31-13-19(24-15-27)21(29)23-12-17-8-4-2-5-9-17/h2-11,15-16,19-20H,12-14H2,1H3,(H,23,29)(H,24,27)(H,25,28). The minimum Gasteiger partial charge on any atom is -0.350 e. The maximum absolute atomic E-state index is 12.8. The van der Waals surface area contributed by atoms with Crippen LogP contribution in [0.1, 0.15) is 5.56 Å². The Labute approximate surface area is 195 Å². The molecule has 2 atom stereocenters. The van der Waals surface area contributed by atoms with Gasteiger partial charge in [-0.1, -0.05) is 70.1 Å². The molecule has 2 aromatic rings. The Kier molecular flexibility index (Phi) is 11.2. The molecular formula is C22H26N4O4S2. The van der Waals surface area contributed by atoms with Gasteiger partial charge in [-0.15, -0.1) is 0 Å². The monoisotopic (exact) mass is 474 g/mol. The predicted molar refractivity (Wildman–Crippen MR) is 129 cm³/mol. The zero-order chi connectivity index (χ0) is 23.2. The number of hydrogen-bond acceptors (Lipinski definition) is 6. The maximum Gasteiger partial charge on any atom is 0.250 e. The van der Waals surface area contributed by atoms with Crippen molar-refractivity contribution in [3.63, 3.8) is 0 Å². The molecule has 10 heteroatoms. The van der Waals surface area contributed by atoms with Gasteiger partial charge in [-0.25, -0.2) is 0 Å². The van der Waals surface area contributed by atoms with Gasteiger partial charge in [-0.2, -0.15) is 0 Å². The second kappa shape index (κ2) is 14.2. The lowest BCUT2D eigenvalue weighted by Crippen LogP contribution is -2.46. The van der Waals surface area contributed by atoms with Crippen molar-refractivity contribution in [3.8, 4) is 0 Å². The van der Waals surface area contributed by atoms with Gasteiger partial charge < -0.3 is 20.9 Å². The van der Waals surface area contributed by atoms with E-state index in [1.165, 1.54) is 26.5 Å². The maximum atomic E-state index is 12.8. The van der Waals surface area contributed by atoms with Crippen molar-refractivity contribution in [1.29, 1.82) is 0 Å². The topological polar surface area (TPSA) is 108 Å². The fourth-order valence-electron chi connectivity index (χ4n) is 2.71. The summed E-state index contributed by atoms with van der Waals surface area (Å²) in [6.07, 6.45) is 0.994. The fourth-order valence-corrected chi connectivity index (χ4v) is 5.05. The highest BCUT2D eigenvalue weighted by atomic mass is 33.1. The van der Waals surface area contributed by atoms with Crippen molar-refractivity contribution < 1.29 is 19.2 Å². The van der Waals surface area contributed by atoms with Crippen LogP contribution in [0, 0.1) is 0 Å². The van der Waals surface area contributed by atoms with Crippen molar-refractivity contribution in [2.45, 2.75) is 18.6 Å². The van der Waals surface area contributed by atoms with Crippen LogP contribution in [0.15, 0.2) is 60.7 Å². The summed E-state index contributed by atoms with van der Waals surface area (Å²) < 4.78 is 0. The van der Waals surface area contributed by atoms with Gasteiger partial charge in [0, 0.05) is 30.8 Å². The van der Waals surface area contributed by atoms with Gasteiger partial charge in [0.1, 0.15) is 12.1 Å². The van der Waals surface area contributed by atoms with Crippen LogP contribution in [0.5, 0.6) is 0 Å². The second-order valence-electron chi connectivity index (χ2n) is 6.68. The van der Waals surface area contributed by atoms with E-state index in [9.17, 15) is 19.2 Å². The Balaban J connectivity index is 1.83. The number of anilines is 1. The molecule has 0 fully saturated rings. The number of nitrogens with zero attached hydrogens (tertiary/aromatic N) is 1. The Morgan fingerprint density at radius 2 is 1.41 bits per heavy atom. The van der Waals surface area contributed by atoms with Crippen LogP contribution >= 0.6 is 21.6 Å². The van der Waals surface area contributed by atoms with E-state index in [0.717, 1.165) is 11.3 Å². The molecule has 0 aliphatic carbocycles. The fraction of sp³-hybridized carbons (Fsp3) is 0.273. The SMILES string of the molecule is CN(C(=O)C(CSSCC(NC=O)C(=O)NCc1ccccc1)NC=O)c1ccccc1. The molecule has 0 saturated carbocycles. The number of carbonyl (C=O) groups excluding carboxylic acids is 4. The van der Waals surface area contributed by atoms with E-state index in [0.29, 0.717) is 30.9 Å². The lowest BCUT2D eigenvalue weighted by Gasteiger charge is -2.23. The number of para-hydroxylation sites is 1. The lowest BCUT2D eigenvalue weighted by atomic mass is 10.2. The van der Waals surface area contributed by atoms with Gasteiger partial charge >= 0.3 is 0 Å². The molecule has 2 rings (SSSR count). The molecule has 4 amide bonds. The molecule has 0 bridgehead atoms. The highest BCUT2D eigenvalue weighted by Gasteiger charge is 2.23. The average Bonchev–Trinajstić information content (AvgIpc) is 2.84. The van der Waals surface area contributed by atoms with Crippen LogP contribution in [0.2, 0.25) is 0 Å². The molecule has 0 aromatic heterocycles. The van der Waals surface area contributed by atoms with Gasteiger partial charge in [-0.05, 0) is 17.7 Å². The van der Waals surface area contributed by atoms with Crippen LogP contribution < -0.4 is 20.9 Å². The third-order valence-electron chi connectivity index (χ3n) is 4.49. The third-order valence-corrected chi connectivity index (χ3v) is 6.91. The molecule has 32 heavy (non-hydrogen) atoms. The molecule has 0 aliphatic heterocycles. The molecule has 3 N–H and O–H groups in total. The molecule has 0 spiro atoms. The van der Waals surface area contributed by atoms with Gasteiger partial charge in [0.05, 0.1) is 0 Å². The summed E-state index contributed by atoms with van der Waals surface area (Å²) in [5.74, 6) is 0.0652. The number of carbonyl (C=O) groups is 4. The van der Waals surface area contributed by atoms with Crippen LogP contribution in [0.25, 0.3) is 0 Å². The van der Waals surface area contributed by atoms with Gasteiger partial charge in [0.15, 0.2) is 0 Å². The number of nitrogens with one attached hydrogen (secondary N) is 3. The Hall–Kier alpha value is -2.98. The highest BCUT2D eigenvalue weighted by Crippen LogP contribution is 2.24. The normalized spacial score (nSPS) is 12.2. The molecule has 0 radical (unpaired) electrons. The molecule has 0 saturated heterocycles. The third kappa shape index (κ3) is 8.27. The molecule has 8 nitrogen and oxygen atoms in total. The summed E-state index contributed by atoms with van der Waals surface area (Å²) in [7, 11) is 4.33. The summed E-state index contributed by atoms with van der Waals surface area (Å²) >= 11 is 0. The van der Waals surface area contributed by atoms with Crippen molar-refractivity contribution >= 4 is 51.9 Å². The van der Waals surface area contributed by atoms with Gasteiger partial charge in [0.25, 0.3) is 0 Å². The smallest absolute Gasteiger partial charge is 0.250 e. The number of rotatable bonds is 14. The van der Waals surface area contributed by atoms with E-state index >= 15 is 0 Å². The first-order valence-corrected chi connectivity index (χ1v) is 12.3. The summed E-state index contributed by atoms with van der Waals surface area (Å²) in [4.78, 5) is 48.6. The lowest BCUT2D eigenvalue weighted by molar-refractivity contribution is -0.124. The number of amides is 4. The molecule has 2 unspecified atom stereocenters. The van der Waals surface area contributed by atoms with Crippen molar-refractivity contribution in [3.05, 3.63) is 66.2 Å². The Morgan fingerprint density at radius 1 is 0.875 bits per heavy atom. The van der Waals surface area contributed by atoms with Gasteiger partial charge in [0.2, 0.25) is 24.6 Å². The van der Waals surface area contributed by atoms with Gasteiger partial charge in [-0.3, -0.25) is 19.2 Å². The quantitative estimate of drug-likeness (QED) is 0.218. The number of hydrogen-bond donors (Lipinski definition) is 3. The predicted octanol–water partition coefficient (Wildman–Crippen LogP) is 1.58. The number of benzene rings is 2. The van der Waals surface area contributed by atoms with E-state index in [1.807, 2.05) is 60.7 Å². The second-order valence-corrected chi connectivity index (χ2v) is 9.23. The van der Waals surface area contributed by atoms with Crippen LogP contribution in [-0.2, 0) is 25.7 Å². The zero-order valence-corrected chi connectivity index (χ0v) is 19.2. The number of likely N-dealkylation sites (N-methyl/N-ethyl adjacent to an activating group) is 1. The summed E-state index contributed by atoms with van der Waals surface area (Å²) in [5.41, 5.74) is 1.68. The molecule has 2 aromatic carbocycles.